The van der Waals surface area contributed by atoms with Gasteiger partial charge in [-0.2, -0.15) is 8.78 Å². The first-order valence-corrected chi connectivity index (χ1v) is 4.35. The van der Waals surface area contributed by atoms with Crippen LogP contribution in [0, 0.1) is 5.82 Å². The van der Waals surface area contributed by atoms with E-state index in [2.05, 4.69) is 15.9 Å². The lowest BCUT2D eigenvalue weighted by Gasteiger charge is -2.13. The van der Waals surface area contributed by atoms with Gasteiger partial charge in [-0.25, -0.2) is 9.18 Å². The van der Waals surface area contributed by atoms with Crippen LogP contribution in [0.5, 0.6) is 5.75 Å². The second-order valence-electron chi connectivity index (χ2n) is 2.66. The van der Waals surface area contributed by atoms with Gasteiger partial charge < -0.3 is 10.2 Å². The summed E-state index contributed by atoms with van der Waals surface area (Å²) < 4.78 is 38.6. The number of hydrogen-bond donors (Lipinski definition) is 2. The van der Waals surface area contributed by atoms with Crippen molar-refractivity contribution in [1.29, 1.82) is 0 Å². The van der Waals surface area contributed by atoms with E-state index in [0.717, 1.165) is 6.07 Å². The molecule has 0 unspecified atom stereocenters. The summed E-state index contributed by atoms with van der Waals surface area (Å²) in [6, 6.07) is 1.39. The van der Waals surface area contributed by atoms with Crippen LogP contribution in [0.25, 0.3) is 0 Å². The Morgan fingerprint density at radius 3 is 2.40 bits per heavy atom. The summed E-state index contributed by atoms with van der Waals surface area (Å²) in [5.41, 5.74) is -1.29. The summed E-state index contributed by atoms with van der Waals surface area (Å²) in [5.74, 6) is -9.49. The maximum Gasteiger partial charge on any atom is 0.379 e. The molecule has 0 heterocycles. The number of aromatic hydroxyl groups is 1. The third-order valence-corrected chi connectivity index (χ3v) is 2.09. The van der Waals surface area contributed by atoms with Gasteiger partial charge in [-0.15, -0.1) is 0 Å². The van der Waals surface area contributed by atoms with Gasteiger partial charge in [-0.1, -0.05) is 15.9 Å². The van der Waals surface area contributed by atoms with E-state index in [9.17, 15) is 18.0 Å². The monoisotopic (exact) mass is 284 g/mol. The van der Waals surface area contributed by atoms with Gasteiger partial charge in [0.1, 0.15) is 0 Å². The molecule has 0 aromatic heterocycles. The number of phenolic OH excluding ortho intramolecular Hbond substituents is 1. The Morgan fingerprint density at radius 2 is 1.93 bits per heavy atom. The fourth-order valence-corrected chi connectivity index (χ4v) is 1.35. The van der Waals surface area contributed by atoms with Crippen LogP contribution in [0.3, 0.4) is 0 Å². The lowest BCUT2D eigenvalue weighted by atomic mass is 10.1. The molecule has 1 rings (SSSR count). The molecule has 0 aliphatic heterocycles. The number of aliphatic carboxylic acids is 1. The van der Waals surface area contributed by atoms with E-state index in [1.807, 2.05) is 0 Å². The molecule has 0 bridgehead atoms. The number of phenols is 1. The minimum absolute atomic E-state index is 0.0891. The van der Waals surface area contributed by atoms with Crippen molar-refractivity contribution in [1.82, 2.24) is 0 Å². The van der Waals surface area contributed by atoms with Gasteiger partial charge in [-0.3, -0.25) is 0 Å². The highest BCUT2D eigenvalue weighted by molar-refractivity contribution is 9.10. The molecule has 0 aliphatic rings. The highest BCUT2D eigenvalue weighted by atomic mass is 79.9. The summed E-state index contributed by atoms with van der Waals surface area (Å²) in [6.07, 6.45) is 0. The van der Waals surface area contributed by atoms with E-state index in [1.165, 1.54) is 0 Å². The van der Waals surface area contributed by atoms with Gasteiger partial charge in [0, 0.05) is 4.47 Å². The molecule has 0 aliphatic carbocycles. The van der Waals surface area contributed by atoms with Crippen molar-refractivity contribution < 1.29 is 28.2 Å². The van der Waals surface area contributed by atoms with Crippen LogP contribution in [0.1, 0.15) is 5.56 Å². The van der Waals surface area contributed by atoms with Crippen molar-refractivity contribution in [3.8, 4) is 5.75 Å². The summed E-state index contributed by atoms with van der Waals surface area (Å²) in [7, 11) is 0. The normalized spacial score (nSPS) is 11.5. The van der Waals surface area contributed by atoms with Crippen molar-refractivity contribution in [2.45, 2.75) is 5.92 Å². The molecule has 0 radical (unpaired) electrons. The second kappa shape index (κ2) is 3.73. The van der Waals surface area contributed by atoms with Crippen molar-refractivity contribution in [2.75, 3.05) is 0 Å². The fourth-order valence-electron chi connectivity index (χ4n) is 0.921. The number of benzene rings is 1. The highest BCUT2D eigenvalue weighted by Gasteiger charge is 2.44. The first-order chi connectivity index (χ1) is 6.76. The van der Waals surface area contributed by atoms with Gasteiger partial charge in [0.05, 0.1) is 5.56 Å². The van der Waals surface area contributed by atoms with Gasteiger partial charge in [0.25, 0.3) is 0 Å². The molecule has 7 heteroatoms. The Balaban J connectivity index is 3.43. The topological polar surface area (TPSA) is 57.5 Å². The predicted molar refractivity (Wildman–Crippen MR) is 47.3 cm³/mol. The van der Waals surface area contributed by atoms with E-state index in [1.54, 1.807) is 0 Å². The summed E-state index contributed by atoms with van der Waals surface area (Å²) >= 11 is 2.71. The third kappa shape index (κ3) is 2.06. The van der Waals surface area contributed by atoms with Crippen molar-refractivity contribution in [3.63, 3.8) is 0 Å². The molecule has 2 N–H and O–H groups in total. The minimum atomic E-state index is -4.34. The van der Waals surface area contributed by atoms with Crippen LogP contribution in [0.2, 0.25) is 0 Å². The first kappa shape index (κ1) is 11.8. The van der Waals surface area contributed by atoms with E-state index < -0.39 is 29.0 Å². The average Bonchev–Trinajstić information content (AvgIpc) is 2.10. The van der Waals surface area contributed by atoms with Crippen LogP contribution in [-0.4, -0.2) is 16.2 Å². The molecule has 0 saturated heterocycles. The van der Waals surface area contributed by atoms with Gasteiger partial charge in [0.15, 0.2) is 11.6 Å². The van der Waals surface area contributed by atoms with Gasteiger partial charge >= 0.3 is 11.9 Å². The molecule has 15 heavy (non-hydrogen) atoms. The van der Waals surface area contributed by atoms with Gasteiger partial charge in [0.2, 0.25) is 0 Å². The number of alkyl halides is 2. The maximum absolute atomic E-state index is 13.0. The Hall–Kier alpha value is -1.24. The lowest BCUT2D eigenvalue weighted by Crippen LogP contribution is -2.25. The van der Waals surface area contributed by atoms with Crippen LogP contribution in [-0.2, 0) is 10.7 Å². The van der Waals surface area contributed by atoms with Crippen molar-refractivity contribution >= 4 is 21.9 Å². The highest BCUT2D eigenvalue weighted by Crippen LogP contribution is 2.38. The number of carbonyl (C=O) groups is 1. The molecule has 3 nitrogen and oxygen atoms in total. The Kier molecular flexibility index (Phi) is 2.94. The summed E-state index contributed by atoms with van der Waals surface area (Å²) in [5, 5.41) is 17.2. The fraction of sp³-hybridized carbons (Fsp3) is 0.125. The van der Waals surface area contributed by atoms with E-state index >= 15 is 0 Å². The quantitative estimate of drug-likeness (QED) is 0.877. The van der Waals surface area contributed by atoms with Crippen molar-refractivity contribution in [3.05, 3.63) is 28.0 Å². The number of carboxylic acids is 1. The first-order valence-electron chi connectivity index (χ1n) is 3.56. The molecular weight excluding hydrogens is 281 g/mol. The predicted octanol–water partition coefficient (Wildman–Crippen LogP) is 2.47. The maximum atomic E-state index is 13.0. The molecule has 0 amide bonds. The Morgan fingerprint density at radius 1 is 1.40 bits per heavy atom. The molecule has 0 fully saturated rings. The largest absolute Gasteiger partial charge is 0.504 e. The Labute approximate surface area is 90.3 Å². The van der Waals surface area contributed by atoms with Crippen LogP contribution < -0.4 is 0 Å². The lowest BCUT2D eigenvalue weighted by molar-refractivity contribution is -0.166. The molecule has 1 aromatic rings. The SMILES string of the molecule is O=C(O)C(F)(F)c1cc(Br)cc(F)c1O. The third-order valence-electron chi connectivity index (χ3n) is 1.64. The zero-order valence-corrected chi connectivity index (χ0v) is 8.56. The summed E-state index contributed by atoms with van der Waals surface area (Å²) in [6.45, 7) is 0. The molecule has 1 aromatic carbocycles. The minimum Gasteiger partial charge on any atom is -0.504 e. The number of hydrogen-bond acceptors (Lipinski definition) is 2. The molecule has 0 saturated carbocycles. The molecular formula is C8H4BrF3O3. The number of halogens is 4. The second-order valence-corrected chi connectivity index (χ2v) is 3.58. The zero-order valence-electron chi connectivity index (χ0n) is 6.97. The van der Waals surface area contributed by atoms with Crippen LogP contribution in [0.4, 0.5) is 13.2 Å². The summed E-state index contributed by atoms with van der Waals surface area (Å²) in [4.78, 5) is 10.2. The van der Waals surface area contributed by atoms with E-state index in [4.69, 9.17) is 10.2 Å². The van der Waals surface area contributed by atoms with E-state index in [-0.39, 0.29) is 4.47 Å². The zero-order chi connectivity index (χ0) is 11.8. The van der Waals surface area contributed by atoms with Crippen LogP contribution >= 0.6 is 15.9 Å². The molecule has 0 atom stereocenters. The number of carboxylic acid groups (broad SMARTS) is 1. The van der Waals surface area contributed by atoms with Crippen LogP contribution in [0.15, 0.2) is 16.6 Å². The van der Waals surface area contributed by atoms with E-state index in [0.29, 0.717) is 6.07 Å². The molecule has 0 spiro atoms. The molecule has 82 valence electrons. The van der Waals surface area contributed by atoms with Crippen molar-refractivity contribution in [2.24, 2.45) is 0 Å². The number of rotatable bonds is 2. The average molecular weight is 285 g/mol. The smallest absolute Gasteiger partial charge is 0.379 e. The Bertz CT molecular complexity index is 420. The standard InChI is InChI=1S/C8H4BrF3O3/c9-3-1-4(6(13)5(10)2-3)8(11,12)7(14)15/h1-2,13H,(H,14,15). The van der Waals surface area contributed by atoms with Gasteiger partial charge in [-0.05, 0) is 12.1 Å².